The summed E-state index contributed by atoms with van der Waals surface area (Å²) in [6.45, 7) is 24.2. The van der Waals surface area contributed by atoms with Gasteiger partial charge in [-0.3, -0.25) is 0 Å². The van der Waals surface area contributed by atoms with Crippen molar-refractivity contribution in [3.8, 4) is 0 Å². The van der Waals surface area contributed by atoms with E-state index in [-0.39, 0.29) is 5.41 Å². The van der Waals surface area contributed by atoms with Crippen molar-refractivity contribution < 1.29 is 4.74 Å². The Morgan fingerprint density at radius 3 is 2.00 bits per heavy atom. The quantitative estimate of drug-likeness (QED) is 0.465. The van der Waals surface area contributed by atoms with E-state index in [9.17, 15) is 0 Å². The molecular weight excluding hydrogens is 270 g/mol. The van der Waals surface area contributed by atoms with Crippen molar-refractivity contribution >= 4 is 0 Å². The second kappa shape index (κ2) is 13.0. The largest absolute Gasteiger partial charge is 0.388 e. The molecule has 22 heavy (non-hydrogen) atoms. The van der Waals surface area contributed by atoms with Gasteiger partial charge in [0.05, 0.1) is 13.2 Å². The SMILES string of the molecule is C=C(CCCC)NCC(C)(C)COCC(C)(C)CCC.CC. The lowest BCUT2D eigenvalue weighted by atomic mass is 9.89. The number of hydrogen-bond acceptors (Lipinski definition) is 2. The van der Waals surface area contributed by atoms with Crippen LogP contribution in [-0.4, -0.2) is 19.8 Å². The van der Waals surface area contributed by atoms with Crippen molar-refractivity contribution in [1.29, 1.82) is 0 Å². The summed E-state index contributed by atoms with van der Waals surface area (Å²) < 4.78 is 5.96. The lowest BCUT2D eigenvalue weighted by molar-refractivity contribution is 0.0130. The fourth-order valence-corrected chi connectivity index (χ4v) is 2.25. The maximum absolute atomic E-state index is 5.96. The summed E-state index contributed by atoms with van der Waals surface area (Å²) in [5.41, 5.74) is 1.60. The van der Waals surface area contributed by atoms with Crippen LogP contribution in [0.1, 0.15) is 87.5 Å². The molecule has 0 aliphatic rings. The third kappa shape index (κ3) is 14.4. The van der Waals surface area contributed by atoms with Gasteiger partial charge < -0.3 is 10.1 Å². The van der Waals surface area contributed by atoms with Crippen molar-refractivity contribution in [1.82, 2.24) is 5.32 Å². The number of unbranched alkanes of at least 4 members (excludes halogenated alkanes) is 1. The molecule has 0 saturated heterocycles. The average Bonchev–Trinajstić information content (AvgIpc) is 2.44. The van der Waals surface area contributed by atoms with Crippen molar-refractivity contribution in [2.45, 2.75) is 87.5 Å². The Kier molecular flexibility index (Phi) is 14.0. The van der Waals surface area contributed by atoms with Crippen molar-refractivity contribution in [2.24, 2.45) is 10.8 Å². The number of ether oxygens (including phenoxy) is 1. The van der Waals surface area contributed by atoms with Crippen molar-refractivity contribution in [2.75, 3.05) is 19.8 Å². The first-order valence-corrected chi connectivity index (χ1v) is 9.22. The van der Waals surface area contributed by atoms with Gasteiger partial charge in [0.15, 0.2) is 0 Å². The van der Waals surface area contributed by atoms with Crippen LogP contribution < -0.4 is 5.32 Å². The zero-order valence-electron chi connectivity index (χ0n) is 16.8. The molecule has 2 nitrogen and oxygen atoms in total. The molecule has 0 heterocycles. The van der Waals surface area contributed by atoms with Crippen LogP contribution in [-0.2, 0) is 4.74 Å². The molecule has 0 aliphatic carbocycles. The van der Waals surface area contributed by atoms with Gasteiger partial charge in [0.2, 0.25) is 0 Å². The summed E-state index contributed by atoms with van der Waals surface area (Å²) >= 11 is 0. The Morgan fingerprint density at radius 2 is 1.50 bits per heavy atom. The monoisotopic (exact) mass is 313 g/mol. The van der Waals surface area contributed by atoms with Crippen LogP contribution in [0, 0.1) is 10.8 Å². The molecule has 0 atom stereocenters. The predicted octanol–water partition coefficient (Wildman–Crippen LogP) is 6.18. The first-order chi connectivity index (χ1) is 10.2. The normalized spacial score (nSPS) is 11.6. The van der Waals surface area contributed by atoms with Crippen LogP contribution in [0.25, 0.3) is 0 Å². The van der Waals surface area contributed by atoms with Crippen LogP contribution >= 0.6 is 0 Å². The van der Waals surface area contributed by atoms with E-state index in [2.05, 4.69) is 53.4 Å². The molecule has 0 aromatic heterocycles. The van der Waals surface area contributed by atoms with E-state index in [0.717, 1.165) is 31.9 Å². The van der Waals surface area contributed by atoms with Crippen LogP contribution in [0.2, 0.25) is 0 Å². The Labute approximate surface area is 141 Å². The molecule has 0 spiro atoms. The molecule has 1 N–H and O–H groups in total. The van der Waals surface area contributed by atoms with Crippen molar-refractivity contribution in [3.63, 3.8) is 0 Å². The predicted molar refractivity (Wildman–Crippen MR) is 101 cm³/mol. The molecule has 0 unspecified atom stereocenters. The van der Waals surface area contributed by atoms with E-state index in [4.69, 9.17) is 4.74 Å². The first-order valence-electron chi connectivity index (χ1n) is 9.22. The smallest absolute Gasteiger partial charge is 0.0534 e. The number of allylic oxidation sites excluding steroid dienone is 1. The molecule has 0 radical (unpaired) electrons. The minimum Gasteiger partial charge on any atom is -0.388 e. The van der Waals surface area contributed by atoms with Crippen LogP contribution in [0.3, 0.4) is 0 Å². The fourth-order valence-electron chi connectivity index (χ4n) is 2.25. The highest BCUT2D eigenvalue weighted by atomic mass is 16.5. The van der Waals surface area contributed by atoms with Gasteiger partial charge in [0.1, 0.15) is 0 Å². The third-order valence-electron chi connectivity index (χ3n) is 3.56. The van der Waals surface area contributed by atoms with E-state index in [1.807, 2.05) is 13.8 Å². The molecular formula is C20H43NO. The van der Waals surface area contributed by atoms with Crippen LogP contribution in [0.15, 0.2) is 12.3 Å². The minimum absolute atomic E-state index is 0.150. The van der Waals surface area contributed by atoms with E-state index in [0.29, 0.717) is 5.41 Å². The maximum Gasteiger partial charge on any atom is 0.0534 e. The summed E-state index contributed by atoms with van der Waals surface area (Å²) in [4.78, 5) is 0. The number of hydrogen-bond donors (Lipinski definition) is 1. The van der Waals surface area contributed by atoms with Gasteiger partial charge in [-0.15, -0.1) is 0 Å². The van der Waals surface area contributed by atoms with Gasteiger partial charge in [-0.1, -0.05) is 74.8 Å². The van der Waals surface area contributed by atoms with Crippen molar-refractivity contribution in [3.05, 3.63) is 12.3 Å². The van der Waals surface area contributed by atoms with Gasteiger partial charge >= 0.3 is 0 Å². The van der Waals surface area contributed by atoms with Gasteiger partial charge in [0, 0.05) is 17.7 Å². The Bertz CT molecular complexity index is 269. The summed E-state index contributed by atoms with van der Waals surface area (Å²) in [6, 6.07) is 0. The molecule has 2 heteroatoms. The first kappa shape index (κ1) is 23.8. The third-order valence-corrected chi connectivity index (χ3v) is 3.56. The number of nitrogens with one attached hydrogen (secondary N) is 1. The summed E-state index contributed by atoms with van der Waals surface area (Å²) in [5.74, 6) is 0. The summed E-state index contributed by atoms with van der Waals surface area (Å²) in [7, 11) is 0. The molecule has 0 aromatic carbocycles. The van der Waals surface area contributed by atoms with Gasteiger partial charge in [0.25, 0.3) is 0 Å². The Balaban J connectivity index is 0. The lowest BCUT2D eigenvalue weighted by Gasteiger charge is -2.29. The highest BCUT2D eigenvalue weighted by molar-refractivity contribution is 4.92. The highest BCUT2D eigenvalue weighted by Crippen LogP contribution is 2.24. The Morgan fingerprint density at radius 1 is 0.955 bits per heavy atom. The topological polar surface area (TPSA) is 21.3 Å². The average molecular weight is 314 g/mol. The molecule has 0 aliphatic heterocycles. The molecule has 0 fully saturated rings. The second-order valence-electron chi connectivity index (χ2n) is 7.63. The van der Waals surface area contributed by atoms with E-state index >= 15 is 0 Å². The zero-order chi connectivity index (χ0) is 17.6. The molecule has 0 bridgehead atoms. The highest BCUT2D eigenvalue weighted by Gasteiger charge is 2.22. The summed E-state index contributed by atoms with van der Waals surface area (Å²) in [6.07, 6.45) is 5.96. The second-order valence-corrected chi connectivity index (χ2v) is 7.63. The molecule has 134 valence electrons. The van der Waals surface area contributed by atoms with E-state index < -0.39 is 0 Å². The lowest BCUT2D eigenvalue weighted by Crippen LogP contribution is -2.34. The van der Waals surface area contributed by atoms with E-state index in [1.54, 1.807) is 0 Å². The summed E-state index contributed by atoms with van der Waals surface area (Å²) in [5, 5.41) is 3.46. The van der Waals surface area contributed by atoms with Crippen LogP contribution in [0.4, 0.5) is 0 Å². The molecule has 0 aromatic rings. The van der Waals surface area contributed by atoms with Crippen LogP contribution in [0.5, 0.6) is 0 Å². The standard InChI is InChI=1S/C18H37NO.C2H6/c1-8-10-11-16(3)19-13-18(6,7)15-20-14-17(4,5)12-9-2;1-2/h19H,3,8-15H2,1-2,4-7H3;1-2H3. The van der Waals surface area contributed by atoms with Gasteiger partial charge in [-0.05, 0) is 24.7 Å². The molecule has 0 rings (SSSR count). The number of rotatable bonds is 12. The molecule has 0 saturated carbocycles. The van der Waals surface area contributed by atoms with Gasteiger partial charge in [-0.25, -0.2) is 0 Å². The molecule has 0 amide bonds. The van der Waals surface area contributed by atoms with Gasteiger partial charge in [-0.2, -0.15) is 0 Å². The Hall–Kier alpha value is -0.500. The maximum atomic E-state index is 5.96. The zero-order valence-corrected chi connectivity index (χ0v) is 16.8. The van der Waals surface area contributed by atoms with E-state index in [1.165, 1.54) is 25.7 Å². The fraction of sp³-hybridized carbons (Fsp3) is 0.900. The minimum atomic E-state index is 0.150.